The van der Waals surface area contributed by atoms with Gasteiger partial charge in [0, 0.05) is 18.4 Å². The molecule has 0 saturated heterocycles. The Kier molecular flexibility index (Phi) is 7.71. The first kappa shape index (κ1) is 25.1. The molecule has 1 aromatic heterocycles. The van der Waals surface area contributed by atoms with Crippen molar-refractivity contribution in [3.63, 3.8) is 0 Å². The fourth-order valence-corrected chi connectivity index (χ4v) is 3.56. The first-order chi connectivity index (χ1) is 14.3. The van der Waals surface area contributed by atoms with E-state index >= 15 is 0 Å². The Hall–Kier alpha value is -2.18. The number of hydrogen-bond donors (Lipinski definition) is 1. The molecule has 0 atom stereocenters. The fraction of sp³-hybridized carbons (Fsp3) is 0.0909. The summed E-state index contributed by atoms with van der Waals surface area (Å²) >= 11 is -10.0. The second-order valence-corrected chi connectivity index (χ2v) is 13.2. The first-order valence-electron chi connectivity index (χ1n) is 9.07. The van der Waals surface area contributed by atoms with Crippen LogP contribution in [0.25, 0.3) is 0 Å². The number of benzene rings is 2. The molecular formula is C22H21F6OSSb. The summed E-state index contributed by atoms with van der Waals surface area (Å²) in [5, 5.41) is 11.7. The summed E-state index contributed by atoms with van der Waals surface area (Å²) in [4.78, 5) is 1.39. The van der Waals surface area contributed by atoms with Crippen LogP contribution < -0.4 is 0 Å². The number of phenols is 1. The Labute approximate surface area is 182 Å². The van der Waals surface area contributed by atoms with Crippen molar-refractivity contribution < 1.29 is 22.0 Å². The molecular weight excluding hydrogens is 548 g/mol. The van der Waals surface area contributed by atoms with Crippen molar-refractivity contribution in [2.24, 2.45) is 0 Å². The summed E-state index contributed by atoms with van der Waals surface area (Å²) in [6.45, 7) is 0. The third-order valence-corrected chi connectivity index (χ3v) is 4.94. The van der Waals surface area contributed by atoms with E-state index in [9.17, 15) is 22.0 Å². The van der Waals surface area contributed by atoms with Gasteiger partial charge in [-0.05, 0) is 40.7 Å². The number of aromatic hydroxyl groups is 1. The Balaban J connectivity index is 0.000000423. The van der Waals surface area contributed by atoms with Crippen LogP contribution in [0.15, 0.2) is 90.3 Å². The molecule has 3 rings (SSSR count). The second-order valence-electron chi connectivity index (χ2n) is 6.65. The van der Waals surface area contributed by atoms with Crippen molar-refractivity contribution in [3.05, 3.63) is 112 Å². The third-order valence-electron chi connectivity index (χ3n) is 3.86. The van der Waals surface area contributed by atoms with Crippen LogP contribution in [0.5, 0.6) is 5.75 Å². The first-order valence-corrected chi connectivity index (χ1v) is 15.8. The zero-order valence-electron chi connectivity index (χ0n) is 16.2. The van der Waals surface area contributed by atoms with Gasteiger partial charge in [0.2, 0.25) is 0 Å². The van der Waals surface area contributed by atoms with E-state index in [1.807, 2.05) is 12.1 Å². The molecule has 0 saturated carbocycles. The number of hydrogen-bond acceptors (Lipinski definition) is 1. The Bertz CT molecular complexity index is 1020. The van der Waals surface area contributed by atoms with E-state index in [0.29, 0.717) is 5.75 Å². The van der Waals surface area contributed by atoms with Crippen LogP contribution in [0, 0.1) is 0 Å². The van der Waals surface area contributed by atoms with E-state index in [1.165, 1.54) is 32.9 Å². The minimum atomic E-state index is -11.2. The van der Waals surface area contributed by atoms with Gasteiger partial charge in [0.1, 0.15) is 11.1 Å². The summed E-state index contributed by atoms with van der Waals surface area (Å²) in [5.41, 5.74) is 3.89. The van der Waals surface area contributed by atoms with Crippen LogP contribution >= 0.6 is 11.3 Å². The van der Waals surface area contributed by atoms with Crippen LogP contribution in [-0.2, 0) is 12.8 Å². The standard InChI is InChI=1S/C22H20OS.6FH.Sb/c23-21-13-11-19(12-14-21)17-22-20(10-6-1-2-7-15-24-22)16-18-8-4-3-5-9-18;;;;;;;/h1-15,23H,16-17H2;6*1H;/q;;;;;;;+5/p-5. The summed E-state index contributed by atoms with van der Waals surface area (Å²) in [7, 11) is 0. The molecule has 168 valence electrons. The summed E-state index contributed by atoms with van der Waals surface area (Å²) in [5.74, 6) is 0.313. The number of halogens is 6. The maximum absolute atomic E-state index is 11.2. The summed E-state index contributed by atoms with van der Waals surface area (Å²) < 4.78 is 59.6. The molecule has 2 aromatic carbocycles. The van der Waals surface area contributed by atoms with Gasteiger partial charge in [0.15, 0.2) is 4.88 Å². The molecule has 0 unspecified atom stereocenters. The molecule has 0 radical (unpaired) electrons. The number of rotatable bonds is 4. The average Bonchev–Trinajstić information content (AvgIpc) is 2.75. The zero-order valence-corrected chi connectivity index (χ0v) is 19.6. The molecule has 0 bridgehead atoms. The molecule has 1 nitrogen and oxygen atoms in total. The molecule has 1 N–H and O–H groups in total. The predicted octanol–water partition coefficient (Wildman–Crippen LogP) is 7.63. The average molecular weight is 569 g/mol. The van der Waals surface area contributed by atoms with Crippen molar-refractivity contribution in [3.8, 4) is 5.75 Å². The van der Waals surface area contributed by atoms with E-state index in [0.717, 1.165) is 12.8 Å². The normalized spacial score (nSPS) is 13.1. The van der Waals surface area contributed by atoms with E-state index in [1.54, 1.807) is 12.1 Å². The predicted molar refractivity (Wildman–Crippen MR) is 116 cm³/mol. The zero-order chi connectivity index (χ0) is 23.0. The van der Waals surface area contributed by atoms with Gasteiger partial charge >= 0.3 is 36.4 Å². The van der Waals surface area contributed by atoms with Crippen LogP contribution in [0.2, 0.25) is 0 Å². The SMILES string of the molecule is Oc1ccc(Cc2[sH+]ccccccc2Cc2ccccc2)cc1.[F][Sb-]([F])([F])([F])([F])[F]. The summed E-state index contributed by atoms with van der Waals surface area (Å²) in [6, 6.07) is 28.6. The van der Waals surface area contributed by atoms with Crippen LogP contribution in [0.1, 0.15) is 21.6 Å². The van der Waals surface area contributed by atoms with Gasteiger partial charge < -0.3 is 5.11 Å². The molecule has 3 aromatic rings. The Morgan fingerprint density at radius 3 is 1.71 bits per heavy atom. The molecule has 0 aliphatic heterocycles. The van der Waals surface area contributed by atoms with Crippen molar-refractivity contribution in [2.75, 3.05) is 0 Å². The topological polar surface area (TPSA) is 20.2 Å². The van der Waals surface area contributed by atoms with Gasteiger partial charge in [-0.15, -0.1) is 0 Å². The van der Waals surface area contributed by atoms with Crippen molar-refractivity contribution >= 4 is 30.8 Å². The van der Waals surface area contributed by atoms with Crippen molar-refractivity contribution in [1.82, 2.24) is 0 Å². The van der Waals surface area contributed by atoms with Gasteiger partial charge in [-0.1, -0.05) is 66.7 Å². The Morgan fingerprint density at radius 2 is 1.10 bits per heavy atom. The van der Waals surface area contributed by atoms with Crippen LogP contribution in [-0.4, -0.2) is 24.6 Å². The maximum atomic E-state index is 9.93. The van der Waals surface area contributed by atoms with Crippen molar-refractivity contribution in [1.29, 1.82) is 0 Å². The van der Waals surface area contributed by atoms with Gasteiger partial charge in [-0.25, -0.2) is 0 Å². The molecule has 9 heteroatoms. The minimum absolute atomic E-state index is 0.313. The van der Waals surface area contributed by atoms with Gasteiger partial charge in [-0.2, -0.15) is 0 Å². The second kappa shape index (κ2) is 9.53. The van der Waals surface area contributed by atoms with Gasteiger partial charge in [0.25, 0.3) is 0 Å². The molecule has 0 spiro atoms. The molecule has 0 fully saturated rings. The van der Waals surface area contributed by atoms with Gasteiger partial charge in [0.05, 0.1) is 0 Å². The monoisotopic (exact) mass is 568 g/mol. The van der Waals surface area contributed by atoms with Crippen molar-refractivity contribution in [2.45, 2.75) is 12.8 Å². The van der Waals surface area contributed by atoms with Crippen LogP contribution in [0.4, 0.5) is 16.9 Å². The fourth-order valence-electron chi connectivity index (χ4n) is 2.60. The molecule has 31 heavy (non-hydrogen) atoms. The third kappa shape index (κ3) is 13.0. The summed E-state index contributed by atoms with van der Waals surface area (Å²) in [6.07, 6.45) is 1.82. The number of phenolic OH excluding ortho intramolecular Hbond substituents is 1. The van der Waals surface area contributed by atoms with Crippen LogP contribution in [0.3, 0.4) is 0 Å². The van der Waals surface area contributed by atoms with E-state index in [2.05, 4.69) is 66.0 Å². The van der Waals surface area contributed by atoms with E-state index < -0.39 is 19.5 Å². The molecule has 0 aliphatic rings. The van der Waals surface area contributed by atoms with E-state index in [-0.39, 0.29) is 0 Å². The van der Waals surface area contributed by atoms with E-state index in [4.69, 9.17) is 0 Å². The quantitative estimate of drug-likeness (QED) is 0.195. The molecule has 1 heterocycles. The molecule has 0 aliphatic carbocycles. The molecule has 0 amide bonds. The Morgan fingerprint density at radius 1 is 0.613 bits per heavy atom. The van der Waals surface area contributed by atoms with Gasteiger partial charge in [-0.3, -0.25) is 0 Å².